The Bertz CT molecular complexity index is 838. The van der Waals surface area contributed by atoms with E-state index in [0.29, 0.717) is 25.7 Å². The van der Waals surface area contributed by atoms with Gasteiger partial charge in [-0.1, -0.05) is 35.4 Å². The molecule has 4 aliphatic carbocycles. The van der Waals surface area contributed by atoms with Crippen LogP contribution in [0.2, 0.25) is 0 Å². The smallest absolute Gasteiger partial charge is 0.303 e. The van der Waals surface area contributed by atoms with Crippen molar-refractivity contribution in [1.82, 2.24) is 0 Å². The second-order valence-corrected chi connectivity index (χ2v) is 11.5. The van der Waals surface area contributed by atoms with Crippen molar-refractivity contribution in [3.8, 4) is 0 Å². The molecular weight excluding hydrogens is 452 g/mol. The number of fused-ring (bicyclic) bond motifs is 5. The third kappa shape index (κ3) is 2.70. The van der Waals surface area contributed by atoms with Crippen LogP contribution < -0.4 is 0 Å². The molecule has 30 heavy (non-hydrogen) atoms. The molecule has 0 spiro atoms. The number of carbonyl (C=O) groups is 3. The van der Waals surface area contributed by atoms with Crippen molar-refractivity contribution in [1.29, 1.82) is 0 Å². The molecule has 0 heterocycles. The van der Waals surface area contributed by atoms with Crippen LogP contribution >= 0.6 is 15.9 Å². The Hall–Kier alpha value is -1.05. The molecule has 7 heteroatoms. The van der Waals surface area contributed by atoms with Crippen LogP contribution in [0.15, 0.2) is 11.6 Å². The van der Waals surface area contributed by atoms with Gasteiger partial charge in [0.25, 0.3) is 0 Å². The van der Waals surface area contributed by atoms with Gasteiger partial charge in [-0.2, -0.15) is 0 Å². The van der Waals surface area contributed by atoms with Crippen molar-refractivity contribution in [3.63, 3.8) is 0 Å². The maximum atomic E-state index is 12.9. The average molecular weight is 483 g/mol. The number of hydrogen-bond acceptors (Lipinski definition) is 6. The zero-order valence-electron chi connectivity index (χ0n) is 17.9. The molecule has 0 radical (unpaired) electrons. The van der Waals surface area contributed by atoms with E-state index in [-0.39, 0.29) is 29.5 Å². The van der Waals surface area contributed by atoms with E-state index in [1.165, 1.54) is 6.92 Å². The molecular formula is C23H31BrO6. The molecule has 0 saturated heterocycles. The molecule has 7 unspecified atom stereocenters. The van der Waals surface area contributed by atoms with E-state index in [1.807, 2.05) is 6.92 Å². The number of carbonyl (C=O) groups excluding carboxylic acids is 3. The molecule has 0 aromatic heterocycles. The van der Waals surface area contributed by atoms with Crippen molar-refractivity contribution in [2.75, 3.05) is 6.61 Å². The highest BCUT2D eigenvalue weighted by Gasteiger charge is 2.72. The Morgan fingerprint density at radius 1 is 1.20 bits per heavy atom. The van der Waals surface area contributed by atoms with Gasteiger partial charge in [-0.15, -0.1) is 0 Å². The van der Waals surface area contributed by atoms with E-state index in [1.54, 1.807) is 6.08 Å². The monoisotopic (exact) mass is 482 g/mol. The lowest BCUT2D eigenvalue weighted by Crippen LogP contribution is -2.68. The minimum Gasteiger partial charge on any atom is -0.458 e. The first-order valence-corrected chi connectivity index (χ1v) is 11.7. The fourth-order valence-electron chi connectivity index (χ4n) is 7.32. The molecule has 0 aromatic carbocycles. The van der Waals surface area contributed by atoms with E-state index < -0.39 is 39.8 Å². The molecule has 3 saturated carbocycles. The summed E-state index contributed by atoms with van der Waals surface area (Å²) in [6, 6.07) is 0. The maximum absolute atomic E-state index is 12.9. The van der Waals surface area contributed by atoms with Gasteiger partial charge < -0.3 is 14.9 Å². The largest absolute Gasteiger partial charge is 0.458 e. The lowest BCUT2D eigenvalue weighted by Gasteiger charge is -2.65. The van der Waals surface area contributed by atoms with Gasteiger partial charge in [-0.3, -0.25) is 14.4 Å². The third-order valence-electron chi connectivity index (χ3n) is 9.06. The zero-order valence-corrected chi connectivity index (χ0v) is 19.5. The summed E-state index contributed by atoms with van der Waals surface area (Å²) in [7, 11) is 0. The Labute approximate surface area is 185 Å². The second kappa shape index (κ2) is 6.97. The van der Waals surface area contributed by atoms with Crippen molar-refractivity contribution in [2.45, 2.75) is 81.7 Å². The van der Waals surface area contributed by atoms with Crippen LogP contribution in [-0.2, 0) is 19.1 Å². The van der Waals surface area contributed by atoms with Crippen LogP contribution in [0.25, 0.3) is 0 Å². The van der Waals surface area contributed by atoms with E-state index >= 15 is 0 Å². The highest BCUT2D eigenvalue weighted by molar-refractivity contribution is 9.10. The number of ether oxygens (including phenoxy) is 1. The molecule has 166 valence electrons. The number of aliphatic hydroxyl groups is 2. The number of ketones is 2. The summed E-state index contributed by atoms with van der Waals surface area (Å²) in [5, 5.41) is 23.0. The van der Waals surface area contributed by atoms with Crippen molar-refractivity contribution in [3.05, 3.63) is 11.6 Å². The van der Waals surface area contributed by atoms with Gasteiger partial charge >= 0.3 is 5.97 Å². The number of halogens is 1. The normalized spacial score (nSPS) is 47.6. The van der Waals surface area contributed by atoms with E-state index in [9.17, 15) is 24.6 Å². The Morgan fingerprint density at radius 3 is 2.57 bits per heavy atom. The van der Waals surface area contributed by atoms with Crippen LogP contribution in [0.5, 0.6) is 0 Å². The summed E-state index contributed by atoms with van der Waals surface area (Å²) in [5.74, 6) is -0.776. The van der Waals surface area contributed by atoms with Crippen molar-refractivity contribution < 1.29 is 29.3 Å². The van der Waals surface area contributed by atoms with Gasteiger partial charge in [-0.05, 0) is 56.4 Å². The number of rotatable bonds is 3. The molecule has 0 bridgehead atoms. The van der Waals surface area contributed by atoms with Crippen molar-refractivity contribution >= 4 is 33.5 Å². The van der Waals surface area contributed by atoms with Gasteiger partial charge in [-0.25, -0.2) is 0 Å². The van der Waals surface area contributed by atoms with E-state index in [4.69, 9.17) is 4.74 Å². The Kier molecular flexibility index (Phi) is 5.15. The van der Waals surface area contributed by atoms with Gasteiger partial charge in [0.1, 0.15) is 5.60 Å². The average Bonchev–Trinajstić information content (AvgIpc) is 2.94. The predicted octanol–water partition coefficient (Wildman–Crippen LogP) is 2.87. The SMILES string of the molecule is CC(=O)OCC(=O)C1(O)CCC2C3CCC4=CC(=O)CCC4(C)C3(Br)C(O)CC21C. The minimum absolute atomic E-state index is 0.0440. The second-order valence-electron chi connectivity index (χ2n) is 10.2. The lowest BCUT2D eigenvalue weighted by atomic mass is 9.45. The summed E-state index contributed by atoms with van der Waals surface area (Å²) < 4.78 is 4.30. The fraction of sp³-hybridized carbons (Fsp3) is 0.783. The van der Waals surface area contributed by atoms with Gasteiger partial charge in [0.15, 0.2) is 12.4 Å². The summed E-state index contributed by atoms with van der Waals surface area (Å²) >= 11 is 4.00. The van der Waals surface area contributed by atoms with Crippen LogP contribution in [0, 0.1) is 22.7 Å². The maximum Gasteiger partial charge on any atom is 0.303 e. The van der Waals surface area contributed by atoms with Crippen LogP contribution in [-0.4, -0.2) is 50.4 Å². The fourth-order valence-corrected chi connectivity index (χ4v) is 8.48. The number of aliphatic hydroxyl groups excluding tert-OH is 1. The quantitative estimate of drug-likeness (QED) is 0.473. The molecule has 2 N–H and O–H groups in total. The summed E-state index contributed by atoms with van der Waals surface area (Å²) in [4.78, 5) is 36.2. The highest BCUT2D eigenvalue weighted by atomic mass is 79.9. The highest BCUT2D eigenvalue weighted by Crippen LogP contribution is 2.71. The molecule has 6 nitrogen and oxygen atoms in total. The predicted molar refractivity (Wildman–Crippen MR) is 113 cm³/mol. The molecule has 0 aromatic rings. The van der Waals surface area contributed by atoms with Crippen molar-refractivity contribution in [2.24, 2.45) is 22.7 Å². The Morgan fingerprint density at radius 2 is 1.90 bits per heavy atom. The molecule has 0 amide bonds. The number of alkyl halides is 1. The number of hydrogen-bond donors (Lipinski definition) is 2. The molecule has 0 aliphatic heterocycles. The summed E-state index contributed by atoms with van der Waals surface area (Å²) in [6.45, 7) is 4.85. The molecule has 7 atom stereocenters. The van der Waals surface area contributed by atoms with Gasteiger partial charge in [0.05, 0.1) is 10.4 Å². The summed E-state index contributed by atoms with van der Waals surface area (Å²) in [6.07, 6.45) is 5.00. The summed E-state index contributed by atoms with van der Waals surface area (Å²) in [5.41, 5.74) is -1.66. The van der Waals surface area contributed by atoms with Crippen LogP contribution in [0.3, 0.4) is 0 Å². The number of esters is 1. The standard InChI is InChI=1S/C23H31BrO6/c1-13(25)30-12-19(28)22(29)9-7-16-17-5-4-14-10-15(26)6-8-20(14,2)23(17,24)18(27)11-21(16,22)3/h10,16-18,27,29H,4-9,11-12H2,1-3H3. The minimum atomic E-state index is -1.62. The first-order chi connectivity index (χ1) is 13.9. The van der Waals surface area contributed by atoms with Gasteiger partial charge in [0.2, 0.25) is 5.78 Å². The van der Waals surface area contributed by atoms with Crippen LogP contribution in [0.4, 0.5) is 0 Å². The number of allylic oxidation sites excluding steroid dienone is 1. The van der Waals surface area contributed by atoms with E-state index in [0.717, 1.165) is 18.4 Å². The lowest BCUT2D eigenvalue weighted by molar-refractivity contribution is -0.177. The zero-order chi connectivity index (χ0) is 22.1. The first-order valence-electron chi connectivity index (χ1n) is 10.9. The Balaban J connectivity index is 1.71. The molecule has 4 aliphatic rings. The number of Topliss-reactive ketones (excluding diaryl/α,β-unsaturated/α-hetero) is 1. The van der Waals surface area contributed by atoms with E-state index in [2.05, 4.69) is 22.9 Å². The first kappa shape index (κ1) is 22.2. The molecule has 4 rings (SSSR count). The topological polar surface area (TPSA) is 101 Å². The van der Waals surface area contributed by atoms with Crippen LogP contribution in [0.1, 0.15) is 65.7 Å². The third-order valence-corrected chi connectivity index (χ3v) is 11.1. The van der Waals surface area contributed by atoms with Gasteiger partial charge in [0, 0.05) is 24.2 Å². The molecule has 3 fully saturated rings.